The molecule has 3 nitrogen and oxygen atoms in total. The van der Waals surface area contributed by atoms with E-state index in [9.17, 15) is 4.79 Å². The summed E-state index contributed by atoms with van der Waals surface area (Å²) in [7, 11) is 0. The van der Waals surface area contributed by atoms with Crippen LogP contribution in [0.4, 0.5) is 5.82 Å². The number of Topliss-reactive ketones (excluding diaryl/α,β-unsaturated/α-hetero) is 1. The average molecular weight is 260 g/mol. The fourth-order valence-corrected chi connectivity index (χ4v) is 2.48. The van der Waals surface area contributed by atoms with Gasteiger partial charge in [-0.15, -0.1) is 11.3 Å². The number of nitrogens with zero attached hydrogens (tertiary/aromatic N) is 2. The van der Waals surface area contributed by atoms with Crippen molar-refractivity contribution >= 4 is 22.9 Å². The van der Waals surface area contributed by atoms with Crippen molar-refractivity contribution in [2.24, 2.45) is 0 Å². The summed E-state index contributed by atoms with van der Waals surface area (Å²) in [6.07, 6.45) is 1.70. The van der Waals surface area contributed by atoms with E-state index in [1.807, 2.05) is 12.1 Å². The molecule has 0 fully saturated rings. The van der Waals surface area contributed by atoms with E-state index in [1.54, 1.807) is 30.5 Å². The van der Waals surface area contributed by atoms with E-state index in [0.29, 0.717) is 5.56 Å². The highest BCUT2D eigenvalue weighted by molar-refractivity contribution is 7.09. The normalized spacial score (nSPS) is 10.3. The minimum absolute atomic E-state index is 0.0748. The summed E-state index contributed by atoms with van der Waals surface area (Å²) < 4.78 is 0. The number of ketones is 1. The summed E-state index contributed by atoms with van der Waals surface area (Å²) in [5.74, 6) is 0.935. The third-order valence-corrected chi connectivity index (χ3v) is 3.65. The lowest BCUT2D eigenvalue weighted by Gasteiger charge is -2.21. The van der Waals surface area contributed by atoms with Crippen LogP contribution in [0.3, 0.4) is 0 Å². The van der Waals surface area contributed by atoms with Gasteiger partial charge in [-0.3, -0.25) is 4.79 Å². The molecule has 0 saturated carbocycles. The van der Waals surface area contributed by atoms with Gasteiger partial charge < -0.3 is 4.90 Å². The molecule has 4 heteroatoms. The number of carbonyl (C=O) groups excluding carboxylic acids is 1. The van der Waals surface area contributed by atoms with Crippen molar-refractivity contribution in [1.29, 1.82) is 0 Å². The van der Waals surface area contributed by atoms with Crippen LogP contribution >= 0.6 is 11.3 Å². The maximum Gasteiger partial charge on any atom is 0.159 e. The van der Waals surface area contributed by atoms with Crippen LogP contribution in [0, 0.1) is 0 Å². The summed E-state index contributed by atoms with van der Waals surface area (Å²) in [5, 5.41) is 2.07. The van der Waals surface area contributed by atoms with Crippen LogP contribution in [-0.4, -0.2) is 17.3 Å². The van der Waals surface area contributed by atoms with Crippen molar-refractivity contribution < 1.29 is 4.79 Å². The molecule has 2 aromatic rings. The summed E-state index contributed by atoms with van der Waals surface area (Å²) in [6.45, 7) is 5.37. The molecule has 2 rings (SSSR count). The molecule has 2 aromatic heterocycles. The van der Waals surface area contributed by atoms with Crippen LogP contribution in [0.5, 0.6) is 0 Å². The van der Waals surface area contributed by atoms with Gasteiger partial charge >= 0.3 is 0 Å². The molecule has 0 spiro atoms. The van der Waals surface area contributed by atoms with Crippen molar-refractivity contribution in [2.45, 2.75) is 20.4 Å². The summed E-state index contributed by atoms with van der Waals surface area (Å²) >= 11 is 1.74. The Kier molecular flexibility index (Phi) is 4.10. The first kappa shape index (κ1) is 12.8. The van der Waals surface area contributed by atoms with Crippen molar-refractivity contribution in [3.63, 3.8) is 0 Å². The van der Waals surface area contributed by atoms with Crippen LogP contribution in [0.2, 0.25) is 0 Å². The molecule has 0 radical (unpaired) electrons. The molecule has 2 heterocycles. The van der Waals surface area contributed by atoms with Crippen LogP contribution in [0.15, 0.2) is 35.8 Å². The second-order valence-corrected chi connectivity index (χ2v) is 5.08. The first-order chi connectivity index (χ1) is 8.70. The Hall–Kier alpha value is -1.68. The molecular weight excluding hydrogens is 244 g/mol. The monoisotopic (exact) mass is 260 g/mol. The third kappa shape index (κ3) is 2.96. The molecule has 0 aromatic carbocycles. The Bertz CT molecular complexity index is 522. The molecule has 0 aliphatic carbocycles. The highest BCUT2D eigenvalue weighted by Gasteiger charge is 2.09. The van der Waals surface area contributed by atoms with Crippen LogP contribution in [0.1, 0.15) is 29.1 Å². The summed E-state index contributed by atoms with van der Waals surface area (Å²) in [4.78, 5) is 19.2. The van der Waals surface area contributed by atoms with Crippen LogP contribution < -0.4 is 4.90 Å². The molecule has 94 valence electrons. The second-order valence-electron chi connectivity index (χ2n) is 4.05. The number of rotatable bonds is 5. The Morgan fingerprint density at radius 3 is 2.89 bits per heavy atom. The summed E-state index contributed by atoms with van der Waals surface area (Å²) in [6, 6.07) is 7.78. The maximum atomic E-state index is 11.4. The SMILES string of the molecule is CCN(Cc1cccs1)c1cc(C(C)=O)ccn1. The molecule has 0 N–H and O–H groups in total. The van der Waals surface area contributed by atoms with E-state index < -0.39 is 0 Å². The lowest BCUT2D eigenvalue weighted by Crippen LogP contribution is -2.22. The van der Waals surface area contributed by atoms with Crippen LogP contribution in [-0.2, 0) is 6.54 Å². The fraction of sp³-hybridized carbons (Fsp3) is 0.286. The highest BCUT2D eigenvalue weighted by Crippen LogP contribution is 2.18. The highest BCUT2D eigenvalue weighted by atomic mass is 32.1. The minimum atomic E-state index is 0.0748. The van der Waals surface area contributed by atoms with E-state index >= 15 is 0 Å². The van der Waals surface area contributed by atoms with Crippen molar-refractivity contribution in [2.75, 3.05) is 11.4 Å². The Balaban J connectivity index is 2.21. The molecule has 0 atom stereocenters. The number of thiophene rings is 1. The first-order valence-corrected chi connectivity index (χ1v) is 6.83. The predicted octanol–water partition coefficient (Wildman–Crippen LogP) is 3.37. The topological polar surface area (TPSA) is 33.2 Å². The van der Waals surface area contributed by atoms with Gasteiger partial charge in [0.1, 0.15) is 5.82 Å². The number of pyridine rings is 1. The number of carbonyl (C=O) groups is 1. The second kappa shape index (κ2) is 5.78. The Morgan fingerprint density at radius 2 is 2.28 bits per heavy atom. The fourth-order valence-electron chi connectivity index (χ4n) is 1.76. The van der Waals surface area contributed by atoms with Gasteiger partial charge in [-0.25, -0.2) is 4.98 Å². The molecule has 0 unspecified atom stereocenters. The zero-order valence-electron chi connectivity index (χ0n) is 10.6. The van der Waals surface area contributed by atoms with Gasteiger partial charge in [-0.05, 0) is 37.4 Å². The smallest absolute Gasteiger partial charge is 0.159 e. The number of anilines is 1. The Morgan fingerprint density at radius 1 is 1.44 bits per heavy atom. The quantitative estimate of drug-likeness (QED) is 0.773. The molecule has 0 amide bonds. The lowest BCUT2D eigenvalue weighted by atomic mass is 10.2. The maximum absolute atomic E-state index is 11.4. The molecule has 0 aliphatic heterocycles. The molecular formula is C14H16N2OS. The van der Waals surface area contributed by atoms with E-state index in [2.05, 4.69) is 28.3 Å². The van der Waals surface area contributed by atoms with Crippen molar-refractivity contribution in [1.82, 2.24) is 4.98 Å². The zero-order valence-corrected chi connectivity index (χ0v) is 11.4. The molecule has 18 heavy (non-hydrogen) atoms. The molecule has 0 aliphatic rings. The molecule has 0 saturated heterocycles. The first-order valence-electron chi connectivity index (χ1n) is 5.95. The zero-order chi connectivity index (χ0) is 13.0. The standard InChI is InChI=1S/C14H16N2OS/c1-3-16(10-13-5-4-8-18-13)14-9-12(11(2)17)6-7-15-14/h4-9H,3,10H2,1-2H3. The van der Waals surface area contributed by atoms with Crippen LogP contribution in [0.25, 0.3) is 0 Å². The van der Waals surface area contributed by atoms with Gasteiger partial charge in [-0.2, -0.15) is 0 Å². The number of aromatic nitrogens is 1. The van der Waals surface area contributed by atoms with Crippen molar-refractivity contribution in [3.05, 3.63) is 46.3 Å². The van der Waals surface area contributed by atoms with E-state index in [4.69, 9.17) is 0 Å². The average Bonchev–Trinajstić information content (AvgIpc) is 2.89. The predicted molar refractivity (Wildman–Crippen MR) is 75.3 cm³/mol. The van der Waals surface area contributed by atoms with Gasteiger partial charge in [0.25, 0.3) is 0 Å². The van der Waals surface area contributed by atoms with E-state index in [1.165, 1.54) is 4.88 Å². The van der Waals surface area contributed by atoms with Gasteiger partial charge in [0.15, 0.2) is 5.78 Å². The third-order valence-electron chi connectivity index (χ3n) is 2.78. The largest absolute Gasteiger partial charge is 0.352 e. The van der Waals surface area contributed by atoms with Gasteiger partial charge in [0, 0.05) is 23.2 Å². The lowest BCUT2D eigenvalue weighted by molar-refractivity contribution is 0.101. The van der Waals surface area contributed by atoms with Gasteiger partial charge in [0.05, 0.1) is 6.54 Å². The number of hydrogen-bond acceptors (Lipinski definition) is 4. The summed E-state index contributed by atoms with van der Waals surface area (Å²) in [5.41, 5.74) is 0.713. The Labute approximate surface area is 111 Å². The van der Waals surface area contributed by atoms with Crippen molar-refractivity contribution in [3.8, 4) is 0 Å². The van der Waals surface area contributed by atoms with Gasteiger partial charge in [-0.1, -0.05) is 6.07 Å². The van der Waals surface area contributed by atoms with E-state index in [-0.39, 0.29) is 5.78 Å². The number of hydrogen-bond donors (Lipinski definition) is 0. The van der Waals surface area contributed by atoms with E-state index in [0.717, 1.165) is 18.9 Å². The van der Waals surface area contributed by atoms with Gasteiger partial charge in [0.2, 0.25) is 0 Å². The molecule has 0 bridgehead atoms. The minimum Gasteiger partial charge on any atom is -0.352 e.